The summed E-state index contributed by atoms with van der Waals surface area (Å²) in [5.74, 6) is 0.988. The van der Waals surface area contributed by atoms with Crippen molar-refractivity contribution in [1.82, 2.24) is 0 Å². The van der Waals surface area contributed by atoms with Gasteiger partial charge in [0.1, 0.15) is 5.75 Å². The minimum absolute atomic E-state index is 0.0842. The van der Waals surface area contributed by atoms with Crippen molar-refractivity contribution >= 4 is 24.7 Å². The fourth-order valence-electron chi connectivity index (χ4n) is 5.65. The fraction of sp³-hybridized carbons (Fsp3) is 0.294. The topological polar surface area (TPSA) is 18.5 Å². The number of fused-ring (bicyclic) bond motifs is 2. The lowest BCUT2D eigenvalue weighted by molar-refractivity contribution is 0.150. The molecule has 37 heavy (non-hydrogen) atoms. The number of ether oxygens (including phenoxy) is 1. The van der Waals surface area contributed by atoms with Crippen molar-refractivity contribution < 1.29 is 9.16 Å². The van der Waals surface area contributed by atoms with Crippen molar-refractivity contribution in [2.75, 3.05) is 0 Å². The predicted octanol–water partition coefficient (Wildman–Crippen LogP) is 9.42. The van der Waals surface area contributed by atoms with E-state index in [1.807, 2.05) is 0 Å². The SMILES string of the molecule is CC(C)(C)[Si](C)(C)OC1CCC2=CC(c3ccccc3)(c3ccccc3)Oc3c2c1cc1ccccc31. The Hall–Kier alpha value is -3.14. The van der Waals surface area contributed by atoms with Crippen LogP contribution in [-0.4, -0.2) is 8.32 Å². The highest BCUT2D eigenvalue weighted by atomic mass is 28.4. The molecule has 1 heterocycles. The summed E-state index contributed by atoms with van der Waals surface area (Å²) in [5.41, 5.74) is 5.51. The fourth-order valence-corrected chi connectivity index (χ4v) is 6.96. The lowest BCUT2D eigenvalue weighted by atomic mass is 9.75. The van der Waals surface area contributed by atoms with Crippen LogP contribution >= 0.6 is 0 Å². The molecule has 0 N–H and O–H groups in total. The van der Waals surface area contributed by atoms with Gasteiger partial charge in [0.25, 0.3) is 0 Å². The highest BCUT2D eigenvalue weighted by Gasteiger charge is 2.45. The second-order valence-electron chi connectivity index (χ2n) is 12.0. The minimum Gasteiger partial charge on any atom is -0.472 e. The van der Waals surface area contributed by atoms with Gasteiger partial charge in [-0.15, -0.1) is 0 Å². The molecule has 0 radical (unpaired) electrons. The zero-order chi connectivity index (χ0) is 25.8. The van der Waals surface area contributed by atoms with Gasteiger partial charge >= 0.3 is 0 Å². The summed E-state index contributed by atoms with van der Waals surface area (Å²) >= 11 is 0. The third-order valence-electron chi connectivity index (χ3n) is 8.66. The first kappa shape index (κ1) is 24.2. The quantitative estimate of drug-likeness (QED) is 0.258. The Kier molecular flexibility index (Phi) is 5.70. The molecule has 3 heteroatoms. The van der Waals surface area contributed by atoms with Gasteiger partial charge in [0.2, 0.25) is 0 Å². The van der Waals surface area contributed by atoms with E-state index in [0.29, 0.717) is 0 Å². The van der Waals surface area contributed by atoms with Gasteiger partial charge < -0.3 is 9.16 Å². The molecule has 4 aromatic rings. The Bertz CT molecular complexity index is 1440. The van der Waals surface area contributed by atoms with Crippen LogP contribution in [0.2, 0.25) is 18.1 Å². The van der Waals surface area contributed by atoms with E-state index in [0.717, 1.165) is 35.1 Å². The molecule has 0 bridgehead atoms. The first-order valence-corrected chi connectivity index (χ1v) is 16.4. The average molecular weight is 505 g/mol. The summed E-state index contributed by atoms with van der Waals surface area (Å²) in [6.45, 7) is 11.7. The van der Waals surface area contributed by atoms with E-state index in [-0.39, 0.29) is 11.1 Å². The number of rotatable bonds is 4. The summed E-state index contributed by atoms with van der Waals surface area (Å²) in [6.07, 6.45) is 4.44. The lowest BCUT2D eigenvalue weighted by Gasteiger charge is -2.44. The van der Waals surface area contributed by atoms with Crippen LogP contribution in [0.1, 0.15) is 62.0 Å². The zero-order valence-electron chi connectivity index (χ0n) is 22.5. The van der Waals surface area contributed by atoms with Crippen LogP contribution in [0, 0.1) is 0 Å². The maximum Gasteiger partial charge on any atom is 0.192 e. The van der Waals surface area contributed by atoms with Gasteiger partial charge in [0.15, 0.2) is 13.9 Å². The van der Waals surface area contributed by atoms with Crippen molar-refractivity contribution in [2.24, 2.45) is 0 Å². The van der Waals surface area contributed by atoms with Gasteiger partial charge in [-0.05, 0) is 59.6 Å². The molecule has 0 saturated carbocycles. The van der Waals surface area contributed by atoms with Crippen molar-refractivity contribution in [1.29, 1.82) is 0 Å². The lowest BCUT2D eigenvalue weighted by Crippen LogP contribution is -2.42. The molecular weight excluding hydrogens is 468 g/mol. The molecule has 188 valence electrons. The van der Waals surface area contributed by atoms with Crippen molar-refractivity contribution in [3.63, 3.8) is 0 Å². The molecule has 2 nitrogen and oxygen atoms in total. The van der Waals surface area contributed by atoms with Gasteiger partial charge in [-0.25, -0.2) is 0 Å². The molecule has 6 rings (SSSR count). The Morgan fingerprint density at radius 1 is 0.838 bits per heavy atom. The second kappa shape index (κ2) is 8.71. The standard InChI is InChI=1S/C34H36O2Si/c1-33(2,3)37(4,5)36-30-21-20-25-23-34(26-15-8-6-9-16-26,27-17-10-7-11-18-27)35-32-28-19-13-12-14-24(28)22-29(30)31(25)32/h6-19,22-23,30H,20-21H2,1-5H3. The van der Waals surface area contributed by atoms with Crippen molar-refractivity contribution in [3.8, 4) is 5.75 Å². The van der Waals surface area contributed by atoms with E-state index in [1.54, 1.807) is 0 Å². The number of allylic oxidation sites excluding steroid dienone is 1. The molecule has 0 aromatic heterocycles. The van der Waals surface area contributed by atoms with E-state index in [4.69, 9.17) is 9.16 Å². The van der Waals surface area contributed by atoms with Gasteiger partial charge in [-0.3, -0.25) is 0 Å². The summed E-state index contributed by atoms with van der Waals surface area (Å²) in [5, 5.41) is 2.53. The van der Waals surface area contributed by atoms with Crippen LogP contribution in [-0.2, 0) is 10.0 Å². The maximum absolute atomic E-state index is 7.28. The molecule has 0 fully saturated rings. The maximum atomic E-state index is 7.28. The molecule has 4 aromatic carbocycles. The predicted molar refractivity (Wildman–Crippen MR) is 156 cm³/mol. The van der Waals surface area contributed by atoms with Crippen molar-refractivity contribution in [3.05, 3.63) is 119 Å². The molecule has 1 atom stereocenters. The smallest absolute Gasteiger partial charge is 0.192 e. The summed E-state index contributed by atoms with van der Waals surface area (Å²) < 4.78 is 14.3. The van der Waals surface area contributed by atoms with E-state index in [2.05, 4.69) is 131 Å². The van der Waals surface area contributed by atoms with Crippen LogP contribution in [0.25, 0.3) is 16.3 Å². The second-order valence-corrected chi connectivity index (χ2v) is 16.8. The molecular formula is C34H36O2Si. The number of hydrogen-bond acceptors (Lipinski definition) is 2. The monoisotopic (exact) mass is 504 g/mol. The third kappa shape index (κ3) is 3.96. The zero-order valence-corrected chi connectivity index (χ0v) is 23.5. The normalized spacial score (nSPS) is 18.6. The van der Waals surface area contributed by atoms with E-state index >= 15 is 0 Å². The Morgan fingerprint density at radius 3 is 2.05 bits per heavy atom. The Morgan fingerprint density at radius 2 is 1.43 bits per heavy atom. The van der Waals surface area contributed by atoms with Crippen LogP contribution in [0.15, 0.2) is 97.1 Å². The van der Waals surface area contributed by atoms with E-state index in [9.17, 15) is 0 Å². The minimum atomic E-state index is -1.95. The molecule has 2 aliphatic rings. The van der Waals surface area contributed by atoms with Crippen molar-refractivity contribution in [2.45, 2.75) is 63.5 Å². The van der Waals surface area contributed by atoms with Crippen LogP contribution in [0.4, 0.5) is 0 Å². The summed E-state index contributed by atoms with van der Waals surface area (Å²) in [6, 6.07) is 32.3. The molecule has 1 unspecified atom stereocenters. The summed E-state index contributed by atoms with van der Waals surface area (Å²) in [7, 11) is -1.95. The van der Waals surface area contributed by atoms with E-state index < -0.39 is 13.9 Å². The third-order valence-corrected chi connectivity index (χ3v) is 13.2. The van der Waals surface area contributed by atoms with Gasteiger partial charge in [0.05, 0.1) is 6.10 Å². The van der Waals surface area contributed by atoms with Crippen LogP contribution in [0.3, 0.4) is 0 Å². The largest absolute Gasteiger partial charge is 0.472 e. The van der Waals surface area contributed by atoms with Crippen LogP contribution < -0.4 is 4.74 Å². The van der Waals surface area contributed by atoms with Gasteiger partial charge in [-0.2, -0.15) is 0 Å². The molecule has 0 saturated heterocycles. The van der Waals surface area contributed by atoms with Crippen LogP contribution in [0.5, 0.6) is 5.75 Å². The van der Waals surface area contributed by atoms with E-state index in [1.165, 1.54) is 22.1 Å². The molecule has 1 aliphatic heterocycles. The first-order chi connectivity index (χ1) is 17.7. The Balaban J connectivity index is 1.60. The highest BCUT2D eigenvalue weighted by Crippen LogP contribution is 2.55. The number of benzene rings is 4. The molecule has 0 amide bonds. The molecule has 0 spiro atoms. The van der Waals surface area contributed by atoms with Gasteiger partial charge in [-0.1, -0.05) is 106 Å². The number of hydrogen-bond donors (Lipinski definition) is 0. The average Bonchev–Trinajstić information content (AvgIpc) is 2.90. The summed E-state index contributed by atoms with van der Waals surface area (Å²) in [4.78, 5) is 0. The molecule has 1 aliphatic carbocycles. The van der Waals surface area contributed by atoms with Gasteiger partial charge in [0, 0.05) is 22.1 Å². The highest BCUT2D eigenvalue weighted by molar-refractivity contribution is 6.74. The first-order valence-electron chi connectivity index (χ1n) is 13.5. The Labute approximate surface area is 222 Å².